The van der Waals surface area contributed by atoms with E-state index in [9.17, 15) is 0 Å². The van der Waals surface area contributed by atoms with Gasteiger partial charge >= 0.3 is 0 Å². The summed E-state index contributed by atoms with van der Waals surface area (Å²) >= 11 is 0. The van der Waals surface area contributed by atoms with Crippen molar-refractivity contribution in [2.24, 2.45) is 16.6 Å². The summed E-state index contributed by atoms with van der Waals surface area (Å²) in [6.07, 6.45) is 4.24. The van der Waals surface area contributed by atoms with Crippen LogP contribution in [0, 0.1) is 5.92 Å². The third kappa shape index (κ3) is 6.16. The van der Waals surface area contributed by atoms with Crippen molar-refractivity contribution in [1.29, 1.82) is 0 Å². The molecule has 1 aliphatic heterocycles. The number of aliphatic imine (C=N–C) groups is 1. The SMILES string of the molecule is CC1CCCN(C(N)=NCc2cccc(OCc3ccccn3)c2)C1.I. The largest absolute Gasteiger partial charge is 0.487 e. The van der Waals surface area contributed by atoms with E-state index in [1.54, 1.807) is 6.20 Å². The molecule has 0 amide bonds. The summed E-state index contributed by atoms with van der Waals surface area (Å²) in [5, 5.41) is 0. The zero-order valence-electron chi connectivity index (χ0n) is 15.2. The molecule has 0 aliphatic carbocycles. The Kier molecular flexibility index (Phi) is 8.15. The molecule has 0 saturated carbocycles. The van der Waals surface area contributed by atoms with Gasteiger partial charge in [0.15, 0.2) is 5.96 Å². The number of ether oxygens (including phenoxy) is 1. The van der Waals surface area contributed by atoms with E-state index in [1.807, 2.05) is 42.5 Å². The number of nitrogens with zero attached hydrogens (tertiary/aromatic N) is 3. The number of guanidine groups is 1. The lowest BCUT2D eigenvalue weighted by Gasteiger charge is -2.31. The van der Waals surface area contributed by atoms with Crippen molar-refractivity contribution in [2.75, 3.05) is 13.1 Å². The van der Waals surface area contributed by atoms with Crippen molar-refractivity contribution < 1.29 is 4.74 Å². The van der Waals surface area contributed by atoms with E-state index in [0.717, 1.165) is 30.1 Å². The molecule has 2 N–H and O–H groups in total. The first-order chi connectivity index (χ1) is 12.2. The summed E-state index contributed by atoms with van der Waals surface area (Å²) in [7, 11) is 0. The van der Waals surface area contributed by atoms with Gasteiger partial charge in [-0.3, -0.25) is 4.98 Å². The number of hydrogen-bond donors (Lipinski definition) is 1. The van der Waals surface area contributed by atoms with E-state index in [2.05, 4.69) is 21.8 Å². The molecule has 26 heavy (non-hydrogen) atoms. The maximum Gasteiger partial charge on any atom is 0.191 e. The van der Waals surface area contributed by atoms with E-state index in [1.165, 1.54) is 12.8 Å². The average molecular weight is 466 g/mol. The Hall–Kier alpha value is -1.83. The molecule has 3 rings (SSSR count). The summed E-state index contributed by atoms with van der Waals surface area (Å²) < 4.78 is 5.82. The van der Waals surface area contributed by atoms with Crippen molar-refractivity contribution in [1.82, 2.24) is 9.88 Å². The Bertz CT molecular complexity index is 708. The van der Waals surface area contributed by atoms with Gasteiger partial charge in [-0.05, 0) is 48.6 Å². The zero-order chi connectivity index (χ0) is 17.5. The molecule has 1 unspecified atom stereocenters. The topological polar surface area (TPSA) is 63.7 Å². The highest BCUT2D eigenvalue weighted by molar-refractivity contribution is 14.0. The summed E-state index contributed by atoms with van der Waals surface area (Å²) in [6.45, 7) is 5.30. The standard InChI is InChI=1S/C20H26N4O.HI/c1-16-6-5-11-24(14-16)20(21)23-13-17-7-4-9-19(12-17)25-15-18-8-2-3-10-22-18;/h2-4,7-10,12,16H,5-6,11,13-15H2,1H3,(H2,21,23);1H. The predicted molar refractivity (Wildman–Crippen MR) is 116 cm³/mol. The number of pyridine rings is 1. The van der Waals surface area contributed by atoms with Crippen molar-refractivity contribution >= 4 is 29.9 Å². The summed E-state index contributed by atoms with van der Waals surface area (Å²) in [4.78, 5) is 11.0. The molecule has 5 nitrogen and oxygen atoms in total. The molecule has 140 valence electrons. The monoisotopic (exact) mass is 466 g/mol. The minimum absolute atomic E-state index is 0. The minimum atomic E-state index is 0. The quantitative estimate of drug-likeness (QED) is 0.414. The number of hydrogen-bond acceptors (Lipinski definition) is 3. The molecule has 1 aliphatic rings. The zero-order valence-corrected chi connectivity index (χ0v) is 17.5. The second-order valence-electron chi connectivity index (χ2n) is 6.62. The molecule has 1 aromatic carbocycles. The van der Waals surface area contributed by atoms with Crippen LogP contribution >= 0.6 is 24.0 Å². The number of piperidine rings is 1. The maximum absolute atomic E-state index is 6.17. The molecular formula is C20H27IN4O. The van der Waals surface area contributed by atoms with Gasteiger partial charge in [0.2, 0.25) is 0 Å². The fourth-order valence-corrected chi connectivity index (χ4v) is 3.04. The molecule has 1 atom stereocenters. The Morgan fingerprint density at radius 3 is 2.96 bits per heavy atom. The van der Waals surface area contributed by atoms with Crippen LogP contribution in [-0.2, 0) is 13.2 Å². The first-order valence-corrected chi connectivity index (χ1v) is 8.87. The number of rotatable bonds is 5. The molecule has 0 bridgehead atoms. The van der Waals surface area contributed by atoms with Gasteiger partial charge in [-0.25, -0.2) is 4.99 Å². The number of halogens is 1. The van der Waals surface area contributed by atoms with Crippen molar-refractivity contribution in [2.45, 2.75) is 32.9 Å². The minimum Gasteiger partial charge on any atom is -0.487 e. The summed E-state index contributed by atoms with van der Waals surface area (Å²) in [6, 6.07) is 13.8. The molecule has 1 fully saturated rings. The lowest BCUT2D eigenvalue weighted by Crippen LogP contribution is -2.43. The number of aromatic nitrogens is 1. The molecule has 1 aromatic heterocycles. The lowest BCUT2D eigenvalue weighted by molar-refractivity contribution is 0.270. The number of benzene rings is 1. The smallest absolute Gasteiger partial charge is 0.191 e. The van der Waals surface area contributed by atoms with Gasteiger partial charge in [0.25, 0.3) is 0 Å². The molecule has 2 aromatic rings. The van der Waals surface area contributed by atoms with Crippen LogP contribution < -0.4 is 10.5 Å². The average Bonchev–Trinajstić information content (AvgIpc) is 2.66. The summed E-state index contributed by atoms with van der Waals surface area (Å²) in [5.74, 6) is 2.15. The first kappa shape index (κ1) is 20.5. The van der Waals surface area contributed by atoms with Crippen LogP contribution in [0.2, 0.25) is 0 Å². The van der Waals surface area contributed by atoms with E-state index in [-0.39, 0.29) is 24.0 Å². The molecular weight excluding hydrogens is 439 g/mol. The van der Waals surface area contributed by atoms with Crippen LogP contribution in [0.15, 0.2) is 53.7 Å². The van der Waals surface area contributed by atoms with Gasteiger partial charge in [0.05, 0.1) is 12.2 Å². The van der Waals surface area contributed by atoms with Gasteiger partial charge < -0.3 is 15.4 Å². The molecule has 6 heteroatoms. The fraction of sp³-hybridized carbons (Fsp3) is 0.400. The fourth-order valence-electron chi connectivity index (χ4n) is 3.04. The summed E-state index contributed by atoms with van der Waals surface area (Å²) in [5.41, 5.74) is 8.17. The van der Waals surface area contributed by atoms with Crippen LogP contribution in [0.5, 0.6) is 5.75 Å². The van der Waals surface area contributed by atoms with Crippen LogP contribution in [0.1, 0.15) is 31.0 Å². The van der Waals surface area contributed by atoms with Crippen LogP contribution in [0.25, 0.3) is 0 Å². The maximum atomic E-state index is 6.17. The van der Waals surface area contributed by atoms with E-state index >= 15 is 0 Å². The molecule has 1 saturated heterocycles. The molecule has 2 heterocycles. The van der Waals surface area contributed by atoms with E-state index < -0.39 is 0 Å². The van der Waals surface area contributed by atoms with Crippen molar-refractivity contribution in [3.8, 4) is 5.75 Å². The van der Waals surface area contributed by atoms with E-state index in [4.69, 9.17) is 10.5 Å². The van der Waals surface area contributed by atoms with Crippen LogP contribution in [0.3, 0.4) is 0 Å². The van der Waals surface area contributed by atoms with E-state index in [0.29, 0.717) is 25.0 Å². The Morgan fingerprint density at radius 2 is 2.19 bits per heavy atom. The highest BCUT2D eigenvalue weighted by atomic mass is 127. The second-order valence-corrected chi connectivity index (χ2v) is 6.62. The second kappa shape index (κ2) is 10.4. The lowest BCUT2D eigenvalue weighted by atomic mass is 10.0. The highest BCUT2D eigenvalue weighted by Gasteiger charge is 2.17. The third-order valence-electron chi connectivity index (χ3n) is 4.42. The van der Waals surface area contributed by atoms with Gasteiger partial charge in [-0.1, -0.05) is 25.1 Å². The van der Waals surface area contributed by atoms with Gasteiger partial charge in [0.1, 0.15) is 12.4 Å². The Labute approximate surface area is 172 Å². The normalized spacial score (nSPS) is 17.5. The van der Waals surface area contributed by atoms with Crippen LogP contribution in [0.4, 0.5) is 0 Å². The van der Waals surface area contributed by atoms with Gasteiger partial charge in [0, 0.05) is 19.3 Å². The van der Waals surface area contributed by atoms with Gasteiger partial charge in [-0.15, -0.1) is 24.0 Å². The third-order valence-corrected chi connectivity index (χ3v) is 4.42. The number of nitrogens with two attached hydrogens (primary N) is 1. The number of likely N-dealkylation sites (tertiary alicyclic amines) is 1. The van der Waals surface area contributed by atoms with Gasteiger partial charge in [-0.2, -0.15) is 0 Å². The molecule has 0 radical (unpaired) electrons. The van der Waals surface area contributed by atoms with Crippen LogP contribution in [-0.4, -0.2) is 28.9 Å². The Balaban J connectivity index is 0.00000243. The van der Waals surface area contributed by atoms with Crippen molar-refractivity contribution in [3.63, 3.8) is 0 Å². The highest BCUT2D eigenvalue weighted by Crippen LogP contribution is 2.17. The molecule has 0 spiro atoms. The Morgan fingerprint density at radius 1 is 1.31 bits per heavy atom. The first-order valence-electron chi connectivity index (χ1n) is 8.87. The predicted octanol–water partition coefficient (Wildman–Crippen LogP) is 3.83. The van der Waals surface area contributed by atoms with Crippen molar-refractivity contribution in [3.05, 3.63) is 59.9 Å².